The van der Waals surface area contributed by atoms with Gasteiger partial charge in [0.05, 0.1) is 23.6 Å². The van der Waals surface area contributed by atoms with Crippen LogP contribution in [0.3, 0.4) is 0 Å². The highest BCUT2D eigenvalue weighted by Crippen LogP contribution is 2.26. The molecule has 0 bridgehead atoms. The van der Waals surface area contributed by atoms with Crippen molar-refractivity contribution in [2.75, 3.05) is 7.05 Å². The maximum Gasteiger partial charge on any atom is 0.308 e. The minimum Gasteiger partial charge on any atom is -0.508 e. The number of hydrogen-bond donors (Lipinski definition) is 4. The lowest BCUT2D eigenvalue weighted by Gasteiger charge is -2.32. The van der Waals surface area contributed by atoms with E-state index in [9.17, 15) is 29.4 Å². The number of nitrogens with one attached hydrogen (secondary N) is 2. The second kappa shape index (κ2) is 15.8. The van der Waals surface area contributed by atoms with Gasteiger partial charge in [-0.15, -0.1) is 0 Å². The van der Waals surface area contributed by atoms with Gasteiger partial charge >= 0.3 is 5.97 Å². The van der Waals surface area contributed by atoms with Crippen LogP contribution in [-0.2, 0) is 30.3 Å². The Morgan fingerprint density at radius 3 is 2.24 bits per heavy atom. The van der Waals surface area contributed by atoms with Crippen LogP contribution < -0.4 is 10.6 Å². The van der Waals surface area contributed by atoms with Crippen LogP contribution in [0.2, 0.25) is 5.02 Å². The zero-order valence-electron chi connectivity index (χ0n) is 26.7. The Morgan fingerprint density at radius 1 is 0.933 bits per heavy atom. The lowest BCUT2D eigenvalue weighted by molar-refractivity contribution is -0.149. The number of rotatable bonds is 3. The molecule has 2 aromatic rings. The van der Waals surface area contributed by atoms with Crippen molar-refractivity contribution in [3.63, 3.8) is 0 Å². The smallest absolute Gasteiger partial charge is 0.308 e. The molecular formula is C34H44ClN3O7. The summed E-state index contributed by atoms with van der Waals surface area (Å²) >= 11 is 6.14. The van der Waals surface area contributed by atoms with Crippen LogP contribution in [0.25, 0.3) is 0 Å². The first-order valence-corrected chi connectivity index (χ1v) is 15.5. The number of nitrogens with zero attached hydrogens (tertiary/aromatic N) is 1. The van der Waals surface area contributed by atoms with Crippen molar-refractivity contribution in [1.82, 2.24) is 15.5 Å². The predicted molar refractivity (Wildman–Crippen MR) is 171 cm³/mol. The van der Waals surface area contributed by atoms with Crippen LogP contribution >= 0.6 is 11.6 Å². The van der Waals surface area contributed by atoms with Crippen molar-refractivity contribution >= 4 is 35.3 Å². The molecule has 0 fully saturated rings. The SMILES string of the molecule is C/C1=C\[C@H](C)C[C@H](C)OC(=O)C[C@H](c2ccc(O)cc2)NC(=O)[C@@H](Cc2ccc(O)c(Cl)c2)N(C)C(=O)[C@H](C)NC(=O)[C@@H](C)C1. The van der Waals surface area contributed by atoms with E-state index < -0.39 is 47.9 Å². The number of carbonyl (C=O) groups excluding carboxylic acids is 4. The average molecular weight is 642 g/mol. The molecule has 10 nitrogen and oxygen atoms in total. The third kappa shape index (κ3) is 10.2. The van der Waals surface area contributed by atoms with Crippen LogP contribution in [-0.4, -0.2) is 64.0 Å². The Kier molecular flexibility index (Phi) is 12.4. The highest BCUT2D eigenvalue weighted by Gasteiger charge is 2.33. The fraction of sp³-hybridized carbons (Fsp3) is 0.471. The quantitative estimate of drug-likeness (QED) is 0.278. The van der Waals surface area contributed by atoms with Crippen LogP contribution in [0, 0.1) is 11.8 Å². The number of benzene rings is 2. The fourth-order valence-electron chi connectivity index (χ4n) is 5.62. The Bertz CT molecular complexity index is 1410. The van der Waals surface area contributed by atoms with E-state index in [0.717, 1.165) is 5.57 Å². The summed E-state index contributed by atoms with van der Waals surface area (Å²) in [7, 11) is 1.48. The highest BCUT2D eigenvalue weighted by molar-refractivity contribution is 6.32. The fourth-order valence-corrected chi connectivity index (χ4v) is 5.82. The summed E-state index contributed by atoms with van der Waals surface area (Å²) in [6.07, 6.45) is 2.53. The summed E-state index contributed by atoms with van der Waals surface area (Å²) in [5, 5.41) is 25.5. The van der Waals surface area contributed by atoms with E-state index in [-0.39, 0.29) is 41.2 Å². The molecule has 11 heteroatoms. The number of ether oxygens (including phenoxy) is 1. The summed E-state index contributed by atoms with van der Waals surface area (Å²) in [6.45, 7) is 9.13. The largest absolute Gasteiger partial charge is 0.508 e. The monoisotopic (exact) mass is 641 g/mol. The number of carbonyl (C=O) groups is 4. The van der Waals surface area contributed by atoms with Gasteiger partial charge in [-0.2, -0.15) is 0 Å². The lowest BCUT2D eigenvalue weighted by Crippen LogP contribution is -2.55. The second-order valence-corrected chi connectivity index (χ2v) is 12.6. The summed E-state index contributed by atoms with van der Waals surface area (Å²) in [6, 6.07) is 7.77. The molecule has 2 aromatic carbocycles. The molecule has 0 unspecified atom stereocenters. The molecule has 3 rings (SSSR count). The summed E-state index contributed by atoms with van der Waals surface area (Å²) in [5.41, 5.74) is 2.14. The van der Waals surface area contributed by atoms with Crippen LogP contribution in [0.15, 0.2) is 54.1 Å². The predicted octanol–water partition coefficient (Wildman–Crippen LogP) is 4.82. The molecule has 0 saturated heterocycles. The van der Waals surface area contributed by atoms with Crippen molar-refractivity contribution < 1.29 is 34.1 Å². The molecule has 1 heterocycles. The number of phenols is 2. The van der Waals surface area contributed by atoms with Gasteiger partial charge in [0.15, 0.2) is 0 Å². The molecule has 3 amide bonds. The van der Waals surface area contributed by atoms with E-state index in [4.69, 9.17) is 16.3 Å². The molecule has 244 valence electrons. The standard InChI is InChI=1S/C34H44ClN3O7/c1-19-13-20(2)15-22(4)45-31(41)18-28(25-8-10-26(39)11-9-25)37-33(43)29(17-24-7-12-30(40)27(35)16-24)38(6)34(44)23(5)36-32(42)21(3)14-19/h7-13,16,20-23,28-29,39-40H,14-15,17-18H2,1-6H3,(H,36,42)(H,37,43)/b19-13+/t20-,21-,22-,23-,28+,29+/m0/s1. The van der Waals surface area contributed by atoms with E-state index in [1.807, 2.05) is 20.8 Å². The Balaban J connectivity index is 2.03. The third-order valence-electron chi connectivity index (χ3n) is 7.95. The lowest BCUT2D eigenvalue weighted by atomic mass is 9.95. The number of allylic oxidation sites excluding steroid dienone is 2. The van der Waals surface area contributed by atoms with E-state index in [2.05, 4.69) is 16.7 Å². The Labute approximate surface area is 269 Å². The number of likely N-dealkylation sites (N-methyl/N-ethyl adjacent to an activating group) is 1. The first-order valence-electron chi connectivity index (χ1n) is 15.1. The van der Waals surface area contributed by atoms with Gasteiger partial charge in [-0.3, -0.25) is 19.2 Å². The number of halogens is 1. The van der Waals surface area contributed by atoms with Gasteiger partial charge < -0.3 is 30.5 Å². The summed E-state index contributed by atoms with van der Waals surface area (Å²) in [4.78, 5) is 55.1. The normalized spacial score (nSPS) is 27.6. The van der Waals surface area contributed by atoms with E-state index in [1.165, 1.54) is 36.2 Å². The van der Waals surface area contributed by atoms with E-state index >= 15 is 0 Å². The number of esters is 1. The molecule has 0 saturated carbocycles. The molecule has 0 aromatic heterocycles. The topological polar surface area (TPSA) is 145 Å². The van der Waals surface area contributed by atoms with Crippen molar-refractivity contribution in [3.8, 4) is 11.5 Å². The molecule has 6 atom stereocenters. The molecule has 45 heavy (non-hydrogen) atoms. The van der Waals surface area contributed by atoms with Gasteiger partial charge in [0.25, 0.3) is 0 Å². The maximum atomic E-state index is 14.0. The number of hydrogen-bond acceptors (Lipinski definition) is 7. The van der Waals surface area contributed by atoms with Gasteiger partial charge in [-0.05, 0) is 74.9 Å². The van der Waals surface area contributed by atoms with Gasteiger partial charge in [-0.25, -0.2) is 0 Å². The average Bonchev–Trinajstić information content (AvgIpc) is 2.95. The van der Waals surface area contributed by atoms with Crippen LogP contribution in [0.1, 0.15) is 71.0 Å². The third-order valence-corrected chi connectivity index (χ3v) is 8.25. The zero-order chi connectivity index (χ0) is 33.4. The number of cyclic esters (lactones) is 1. The summed E-state index contributed by atoms with van der Waals surface area (Å²) < 4.78 is 5.73. The first kappa shape index (κ1) is 35.4. The number of aromatic hydroxyl groups is 2. The molecular weight excluding hydrogens is 598 g/mol. The highest BCUT2D eigenvalue weighted by atomic mass is 35.5. The minimum atomic E-state index is -1.09. The zero-order valence-corrected chi connectivity index (χ0v) is 27.4. The molecule has 0 aliphatic carbocycles. The maximum absolute atomic E-state index is 14.0. The van der Waals surface area contributed by atoms with Gasteiger partial charge in [-0.1, -0.05) is 55.3 Å². The molecule has 0 radical (unpaired) electrons. The van der Waals surface area contributed by atoms with Crippen molar-refractivity contribution in [2.45, 2.75) is 84.5 Å². The van der Waals surface area contributed by atoms with E-state index in [1.54, 1.807) is 32.0 Å². The minimum absolute atomic E-state index is 0.0208. The second-order valence-electron chi connectivity index (χ2n) is 12.2. The summed E-state index contributed by atoms with van der Waals surface area (Å²) in [5.74, 6) is -2.30. The van der Waals surface area contributed by atoms with Gasteiger partial charge in [0.1, 0.15) is 23.6 Å². The van der Waals surface area contributed by atoms with Gasteiger partial charge in [0, 0.05) is 19.4 Å². The molecule has 4 N–H and O–H groups in total. The van der Waals surface area contributed by atoms with Crippen molar-refractivity contribution in [1.29, 1.82) is 0 Å². The molecule has 1 aliphatic heterocycles. The first-order chi connectivity index (χ1) is 21.1. The van der Waals surface area contributed by atoms with E-state index in [0.29, 0.717) is 24.0 Å². The van der Waals surface area contributed by atoms with Gasteiger partial charge in [0.2, 0.25) is 17.7 Å². The molecule has 1 aliphatic rings. The van der Waals surface area contributed by atoms with Crippen LogP contribution in [0.4, 0.5) is 0 Å². The van der Waals surface area contributed by atoms with Crippen molar-refractivity contribution in [3.05, 3.63) is 70.3 Å². The Hall–Kier alpha value is -4.05. The number of amides is 3. The Morgan fingerprint density at radius 2 is 1.60 bits per heavy atom. The molecule has 0 spiro atoms. The number of phenolic OH excluding ortho intramolecular Hbond substituents is 2. The van der Waals surface area contributed by atoms with Crippen molar-refractivity contribution in [2.24, 2.45) is 11.8 Å². The van der Waals surface area contributed by atoms with Crippen LogP contribution in [0.5, 0.6) is 11.5 Å².